The van der Waals surface area contributed by atoms with Crippen LogP contribution < -0.4 is 5.32 Å². The third-order valence-corrected chi connectivity index (χ3v) is 4.40. The smallest absolute Gasteiger partial charge is 0.261 e. The monoisotopic (exact) mass is 271 g/mol. The molecule has 1 aromatic heterocycles. The molecule has 0 aromatic carbocycles. The van der Waals surface area contributed by atoms with E-state index in [2.05, 4.69) is 11.4 Å². The van der Waals surface area contributed by atoms with Crippen molar-refractivity contribution in [2.24, 2.45) is 0 Å². The molecule has 1 aliphatic carbocycles. The summed E-state index contributed by atoms with van der Waals surface area (Å²) in [5, 5.41) is 2.85. The van der Waals surface area contributed by atoms with E-state index in [0.29, 0.717) is 6.54 Å². The fourth-order valence-corrected chi connectivity index (χ4v) is 3.35. The van der Waals surface area contributed by atoms with Gasteiger partial charge in [-0.1, -0.05) is 6.42 Å². The maximum absolute atomic E-state index is 11.9. The van der Waals surface area contributed by atoms with Crippen molar-refractivity contribution in [2.45, 2.75) is 44.4 Å². The number of alkyl halides is 1. The largest absolute Gasteiger partial charge is 0.350 e. The van der Waals surface area contributed by atoms with Crippen LogP contribution in [-0.4, -0.2) is 17.8 Å². The van der Waals surface area contributed by atoms with Gasteiger partial charge in [0.15, 0.2) is 0 Å². The van der Waals surface area contributed by atoms with Crippen LogP contribution >= 0.6 is 22.9 Å². The van der Waals surface area contributed by atoms with Crippen LogP contribution in [0.3, 0.4) is 0 Å². The normalized spacial score (nSPS) is 17.1. The van der Waals surface area contributed by atoms with Gasteiger partial charge in [0.1, 0.15) is 0 Å². The number of carbonyl (C=O) groups excluding carboxylic acids is 1. The SMILES string of the molecule is CC(Cl)CNC(=O)c1cc2c(s1)CCCCC2. The van der Waals surface area contributed by atoms with Crippen LogP contribution in [-0.2, 0) is 12.8 Å². The predicted molar refractivity (Wildman–Crippen MR) is 73.2 cm³/mol. The van der Waals surface area contributed by atoms with Gasteiger partial charge in [-0.2, -0.15) is 0 Å². The first kappa shape index (κ1) is 12.9. The molecule has 4 heteroatoms. The fraction of sp³-hybridized carbons (Fsp3) is 0.615. The zero-order valence-corrected chi connectivity index (χ0v) is 11.7. The average molecular weight is 272 g/mol. The van der Waals surface area contributed by atoms with Crippen molar-refractivity contribution in [1.29, 1.82) is 0 Å². The standard InChI is InChI=1S/C13H18ClNOS/c1-9(14)8-15-13(16)12-7-10-5-3-2-4-6-11(10)17-12/h7,9H,2-6,8H2,1H3,(H,15,16). The van der Waals surface area contributed by atoms with E-state index < -0.39 is 0 Å². The van der Waals surface area contributed by atoms with Gasteiger partial charge < -0.3 is 5.32 Å². The summed E-state index contributed by atoms with van der Waals surface area (Å²) < 4.78 is 0. The van der Waals surface area contributed by atoms with E-state index in [1.807, 2.05) is 6.92 Å². The number of nitrogens with one attached hydrogen (secondary N) is 1. The molecule has 1 atom stereocenters. The highest BCUT2D eigenvalue weighted by atomic mass is 35.5. The topological polar surface area (TPSA) is 29.1 Å². The first-order valence-corrected chi connectivity index (χ1v) is 7.46. The van der Waals surface area contributed by atoms with Crippen molar-refractivity contribution in [3.05, 3.63) is 21.4 Å². The Morgan fingerprint density at radius 2 is 2.24 bits per heavy atom. The van der Waals surface area contributed by atoms with Gasteiger partial charge in [-0.15, -0.1) is 22.9 Å². The van der Waals surface area contributed by atoms with Gasteiger partial charge in [-0.05, 0) is 44.2 Å². The highest BCUT2D eigenvalue weighted by molar-refractivity contribution is 7.14. The second-order valence-corrected chi connectivity index (χ2v) is 6.49. The van der Waals surface area contributed by atoms with E-state index in [0.717, 1.165) is 17.7 Å². The Labute approximate surface area is 111 Å². The number of hydrogen-bond acceptors (Lipinski definition) is 2. The highest BCUT2D eigenvalue weighted by Crippen LogP contribution is 2.28. The van der Waals surface area contributed by atoms with E-state index >= 15 is 0 Å². The Morgan fingerprint density at radius 1 is 1.47 bits per heavy atom. The van der Waals surface area contributed by atoms with Crippen molar-refractivity contribution in [3.63, 3.8) is 0 Å². The first-order valence-electron chi connectivity index (χ1n) is 6.20. The molecule has 0 spiro atoms. The van der Waals surface area contributed by atoms with Gasteiger partial charge in [0.2, 0.25) is 0 Å². The maximum atomic E-state index is 11.9. The summed E-state index contributed by atoms with van der Waals surface area (Å²) in [5.74, 6) is 0.0237. The molecule has 1 unspecified atom stereocenters. The number of rotatable bonds is 3. The molecule has 2 nitrogen and oxygen atoms in total. The molecule has 1 N–H and O–H groups in total. The number of aryl methyl sites for hydroxylation is 2. The van der Waals surface area contributed by atoms with Gasteiger partial charge in [0, 0.05) is 16.8 Å². The Hall–Kier alpha value is -0.540. The average Bonchev–Trinajstić information content (AvgIpc) is 2.58. The van der Waals surface area contributed by atoms with E-state index in [4.69, 9.17) is 11.6 Å². The minimum absolute atomic E-state index is 0.0169. The molecule has 1 aliphatic rings. The van der Waals surface area contributed by atoms with Gasteiger partial charge in [-0.25, -0.2) is 0 Å². The number of halogens is 1. The summed E-state index contributed by atoms with van der Waals surface area (Å²) in [6.07, 6.45) is 6.09. The lowest BCUT2D eigenvalue weighted by atomic mass is 10.1. The number of hydrogen-bond donors (Lipinski definition) is 1. The summed E-state index contributed by atoms with van der Waals surface area (Å²) in [7, 11) is 0. The van der Waals surface area contributed by atoms with Crippen LogP contribution in [0.5, 0.6) is 0 Å². The molecule has 2 rings (SSSR count). The number of amides is 1. The van der Waals surface area contributed by atoms with Crippen LogP contribution in [0.2, 0.25) is 0 Å². The molecule has 17 heavy (non-hydrogen) atoms. The van der Waals surface area contributed by atoms with Crippen molar-refractivity contribution in [3.8, 4) is 0 Å². The van der Waals surface area contributed by atoms with Gasteiger partial charge in [0.25, 0.3) is 5.91 Å². The Balaban J connectivity index is 2.04. The minimum Gasteiger partial charge on any atom is -0.350 e. The van der Waals surface area contributed by atoms with Crippen molar-refractivity contribution in [1.82, 2.24) is 5.32 Å². The minimum atomic E-state index is -0.0169. The third-order valence-electron chi connectivity index (χ3n) is 3.01. The number of carbonyl (C=O) groups is 1. The summed E-state index contributed by atoms with van der Waals surface area (Å²) in [5.41, 5.74) is 1.39. The summed E-state index contributed by atoms with van der Waals surface area (Å²) in [4.78, 5) is 14.1. The summed E-state index contributed by atoms with van der Waals surface area (Å²) in [6.45, 7) is 2.41. The van der Waals surface area contributed by atoms with Crippen LogP contribution in [0, 0.1) is 0 Å². The van der Waals surface area contributed by atoms with Crippen molar-refractivity contribution in [2.75, 3.05) is 6.54 Å². The first-order chi connectivity index (χ1) is 8.16. The van der Waals surface area contributed by atoms with Crippen LogP contribution in [0.25, 0.3) is 0 Å². The summed E-state index contributed by atoms with van der Waals surface area (Å²) >= 11 is 7.47. The van der Waals surface area contributed by atoms with Crippen LogP contribution in [0.1, 0.15) is 46.3 Å². The van der Waals surface area contributed by atoms with E-state index in [1.165, 1.54) is 29.7 Å². The second-order valence-electron chi connectivity index (χ2n) is 4.61. The van der Waals surface area contributed by atoms with E-state index in [-0.39, 0.29) is 11.3 Å². The molecular formula is C13H18ClNOS. The highest BCUT2D eigenvalue weighted by Gasteiger charge is 2.16. The maximum Gasteiger partial charge on any atom is 0.261 e. The summed E-state index contributed by atoms with van der Waals surface area (Å²) in [6, 6.07) is 2.07. The zero-order chi connectivity index (χ0) is 12.3. The molecule has 0 saturated carbocycles. The van der Waals surface area contributed by atoms with Crippen molar-refractivity contribution < 1.29 is 4.79 Å². The molecule has 0 aliphatic heterocycles. The van der Waals surface area contributed by atoms with E-state index in [1.54, 1.807) is 11.3 Å². The molecule has 94 valence electrons. The lowest BCUT2D eigenvalue weighted by Gasteiger charge is -2.04. The quantitative estimate of drug-likeness (QED) is 0.663. The molecule has 0 radical (unpaired) electrons. The fourth-order valence-electron chi connectivity index (χ4n) is 2.10. The van der Waals surface area contributed by atoms with Crippen LogP contribution in [0.4, 0.5) is 0 Å². The van der Waals surface area contributed by atoms with Gasteiger partial charge >= 0.3 is 0 Å². The molecular weight excluding hydrogens is 254 g/mol. The lowest BCUT2D eigenvalue weighted by molar-refractivity contribution is 0.0958. The van der Waals surface area contributed by atoms with Crippen molar-refractivity contribution >= 4 is 28.8 Å². The third kappa shape index (κ3) is 3.46. The Morgan fingerprint density at radius 3 is 3.00 bits per heavy atom. The molecule has 0 fully saturated rings. The predicted octanol–water partition coefficient (Wildman–Crippen LogP) is 3.37. The molecule has 1 aromatic rings. The van der Waals surface area contributed by atoms with Crippen LogP contribution in [0.15, 0.2) is 6.07 Å². The Bertz CT molecular complexity index is 377. The van der Waals surface area contributed by atoms with E-state index in [9.17, 15) is 4.79 Å². The number of fused-ring (bicyclic) bond motifs is 1. The van der Waals surface area contributed by atoms with Gasteiger partial charge in [-0.3, -0.25) is 4.79 Å². The molecule has 0 bridgehead atoms. The number of thiophene rings is 1. The molecule has 1 amide bonds. The Kier molecular flexibility index (Phi) is 4.46. The molecule has 0 saturated heterocycles. The molecule has 1 heterocycles. The zero-order valence-electron chi connectivity index (χ0n) is 10.1. The van der Waals surface area contributed by atoms with Gasteiger partial charge in [0.05, 0.1) is 4.88 Å². The lowest BCUT2D eigenvalue weighted by Crippen LogP contribution is -2.27. The second kappa shape index (κ2) is 5.87.